The molecule has 0 saturated carbocycles. The maximum Gasteiger partial charge on any atom is 0.103 e. The quantitative estimate of drug-likeness (QED) is 0.893. The third-order valence-electron chi connectivity index (χ3n) is 2.50. The summed E-state index contributed by atoms with van der Waals surface area (Å²) >= 11 is 5.93. The molecule has 4 nitrogen and oxygen atoms in total. The van der Waals surface area contributed by atoms with Crippen molar-refractivity contribution in [2.24, 2.45) is 7.05 Å². The van der Waals surface area contributed by atoms with E-state index in [2.05, 4.69) is 5.10 Å². The van der Waals surface area contributed by atoms with Crippen LogP contribution in [0, 0.1) is 0 Å². The first-order valence-corrected chi connectivity index (χ1v) is 5.44. The van der Waals surface area contributed by atoms with Crippen molar-refractivity contribution in [2.45, 2.75) is 18.9 Å². The molecule has 0 bridgehead atoms. The molecule has 16 heavy (non-hydrogen) atoms. The zero-order valence-corrected chi connectivity index (χ0v) is 9.68. The lowest BCUT2D eigenvalue weighted by molar-refractivity contribution is 0.156. The highest BCUT2D eigenvalue weighted by atomic mass is 35.5. The fourth-order valence-electron chi connectivity index (χ4n) is 1.67. The van der Waals surface area contributed by atoms with Crippen LogP contribution in [0.1, 0.15) is 24.0 Å². The van der Waals surface area contributed by atoms with E-state index in [0.29, 0.717) is 23.6 Å². The summed E-state index contributed by atoms with van der Waals surface area (Å²) in [5.41, 5.74) is 0.647. The summed E-state index contributed by atoms with van der Waals surface area (Å²) in [6.07, 6.45) is 3.78. The van der Waals surface area contributed by atoms with E-state index in [-0.39, 0.29) is 0 Å². The molecule has 0 aliphatic carbocycles. The van der Waals surface area contributed by atoms with Crippen LogP contribution in [0.5, 0.6) is 0 Å². The summed E-state index contributed by atoms with van der Waals surface area (Å²) in [5.74, 6) is 0.859. The van der Waals surface area contributed by atoms with E-state index in [0.717, 1.165) is 5.76 Å². The number of hydrogen-bond donors (Lipinski definition) is 1. The number of rotatable bonds is 4. The van der Waals surface area contributed by atoms with E-state index >= 15 is 0 Å². The van der Waals surface area contributed by atoms with E-state index in [1.165, 1.54) is 6.20 Å². The maximum atomic E-state index is 9.98. The molecule has 0 aromatic carbocycles. The fraction of sp³-hybridized carbons (Fsp3) is 0.364. The number of aliphatic hydroxyl groups is 1. The zero-order chi connectivity index (χ0) is 11.5. The predicted molar refractivity (Wildman–Crippen MR) is 60.2 cm³/mol. The van der Waals surface area contributed by atoms with Gasteiger partial charge in [0.05, 0.1) is 29.3 Å². The van der Waals surface area contributed by atoms with Gasteiger partial charge in [0, 0.05) is 13.5 Å². The summed E-state index contributed by atoms with van der Waals surface area (Å²) in [7, 11) is 1.76. The molecule has 0 radical (unpaired) electrons. The molecule has 2 aromatic heterocycles. The molecule has 86 valence electrons. The monoisotopic (exact) mass is 240 g/mol. The maximum absolute atomic E-state index is 9.98. The van der Waals surface area contributed by atoms with Crippen LogP contribution in [0.15, 0.2) is 29.0 Å². The number of halogens is 1. The van der Waals surface area contributed by atoms with Gasteiger partial charge in [-0.2, -0.15) is 5.10 Å². The summed E-state index contributed by atoms with van der Waals surface area (Å²) in [6, 6.07) is 3.72. The second-order valence-corrected chi connectivity index (χ2v) is 4.04. The molecule has 0 aliphatic heterocycles. The van der Waals surface area contributed by atoms with Crippen LogP contribution in [-0.4, -0.2) is 14.9 Å². The van der Waals surface area contributed by atoms with Gasteiger partial charge in [-0.1, -0.05) is 11.6 Å². The van der Waals surface area contributed by atoms with Crippen LogP contribution in [0.2, 0.25) is 5.02 Å². The first-order valence-electron chi connectivity index (χ1n) is 5.06. The van der Waals surface area contributed by atoms with Crippen LogP contribution in [0.25, 0.3) is 0 Å². The summed E-state index contributed by atoms with van der Waals surface area (Å²) < 4.78 is 6.79. The van der Waals surface area contributed by atoms with Gasteiger partial charge < -0.3 is 9.52 Å². The minimum atomic E-state index is -0.620. The molecule has 5 heteroatoms. The number of aromatic nitrogens is 2. The van der Waals surface area contributed by atoms with Crippen LogP contribution < -0.4 is 0 Å². The van der Waals surface area contributed by atoms with E-state index in [9.17, 15) is 5.11 Å². The number of aryl methyl sites for hydroxylation is 2. The van der Waals surface area contributed by atoms with Gasteiger partial charge >= 0.3 is 0 Å². The first kappa shape index (κ1) is 11.2. The van der Waals surface area contributed by atoms with Gasteiger partial charge in [-0.15, -0.1) is 0 Å². The minimum absolute atomic E-state index is 0.495. The Morgan fingerprint density at radius 1 is 1.62 bits per heavy atom. The van der Waals surface area contributed by atoms with Crippen molar-refractivity contribution in [1.29, 1.82) is 0 Å². The van der Waals surface area contributed by atoms with Crippen molar-refractivity contribution in [3.8, 4) is 0 Å². The van der Waals surface area contributed by atoms with Crippen molar-refractivity contribution in [2.75, 3.05) is 0 Å². The van der Waals surface area contributed by atoms with Crippen molar-refractivity contribution in [3.63, 3.8) is 0 Å². The standard InChI is InChI=1S/C11H13ClN2O2/c1-14-11(9(12)7-13-14)10(15)5-4-8-3-2-6-16-8/h2-3,6-7,10,15H,4-5H2,1H3. The molecule has 1 atom stereocenters. The third kappa shape index (κ3) is 2.28. The largest absolute Gasteiger partial charge is 0.469 e. The van der Waals surface area contributed by atoms with E-state index < -0.39 is 6.10 Å². The van der Waals surface area contributed by atoms with Gasteiger partial charge in [-0.05, 0) is 18.6 Å². The molecular weight excluding hydrogens is 228 g/mol. The van der Waals surface area contributed by atoms with E-state index in [1.54, 1.807) is 18.0 Å². The Morgan fingerprint density at radius 3 is 3.00 bits per heavy atom. The predicted octanol–water partition coefficient (Wildman–Crippen LogP) is 2.33. The highest BCUT2D eigenvalue weighted by molar-refractivity contribution is 6.31. The first-order chi connectivity index (χ1) is 7.68. The molecule has 0 saturated heterocycles. The van der Waals surface area contributed by atoms with Crippen molar-refractivity contribution in [1.82, 2.24) is 9.78 Å². The Hall–Kier alpha value is -1.26. The van der Waals surface area contributed by atoms with Gasteiger partial charge in [-0.3, -0.25) is 4.68 Å². The highest BCUT2D eigenvalue weighted by Gasteiger charge is 2.16. The third-order valence-corrected chi connectivity index (χ3v) is 2.79. The Morgan fingerprint density at radius 2 is 2.44 bits per heavy atom. The van der Waals surface area contributed by atoms with Crippen molar-refractivity contribution in [3.05, 3.63) is 41.1 Å². The molecule has 1 N–H and O–H groups in total. The molecular formula is C11H13ClN2O2. The molecule has 2 heterocycles. The minimum Gasteiger partial charge on any atom is -0.469 e. The summed E-state index contributed by atoms with van der Waals surface area (Å²) in [6.45, 7) is 0. The number of nitrogens with zero attached hydrogens (tertiary/aromatic N) is 2. The second-order valence-electron chi connectivity index (χ2n) is 3.64. The average Bonchev–Trinajstić information content (AvgIpc) is 2.86. The van der Waals surface area contributed by atoms with Crippen molar-refractivity contribution < 1.29 is 9.52 Å². The Kier molecular flexibility index (Phi) is 3.31. The summed E-state index contributed by atoms with van der Waals surface area (Å²) in [4.78, 5) is 0. The van der Waals surface area contributed by atoms with Crippen LogP contribution in [-0.2, 0) is 13.5 Å². The molecule has 0 fully saturated rings. The van der Waals surface area contributed by atoms with Gasteiger partial charge in [0.2, 0.25) is 0 Å². The smallest absolute Gasteiger partial charge is 0.103 e. The molecule has 2 aromatic rings. The zero-order valence-electron chi connectivity index (χ0n) is 8.93. The van der Waals surface area contributed by atoms with Crippen LogP contribution in [0.4, 0.5) is 0 Å². The second kappa shape index (κ2) is 4.72. The Balaban J connectivity index is 2.01. The normalized spacial score (nSPS) is 12.9. The number of aliphatic hydroxyl groups excluding tert-OH is 1. The van der Waals surface area contributed by atoms with Crippen LogP contribution in [0.3, 0.4) is 0 Å². The molecule has 0 aliphatic rings. The topological polar surface area (TPSA) is 51.2 Å². The number of hydrogen-bond acceptors (Lipinski definition) is 3. The number of furan rings is 1. The molecule has 2 rings (SSSR count). The van der Waals surface area contributed by atoms with E-state index in [4.69, 9.17) is 16.0 Å². The average molecular weight is 241 g/mol. The van der Waals surface area contributed by atoms with Gasteiger partial charge in [0.15, 0.2) is 0 Å². The van der Waals surface area contributed by atoms with Gasteiger partial charge in [0.25, 0.3) is 0 Å². The lowest BCUT2D eigenvalue weighted by atomic mass is 10.1. The SMILES string of the molecule is Cn1ncc(Cl)c1C(O)CCc1ccco1. The van der Waals surface area contributed by atoms with Crippen LogP contribution >= 0.6 is 11.6 Å². The summed E-state index contributed by atoms with van der Waals surface area (Å²) in [5, 5.41) is 14.5. The molecule has 0 amide bonds. The highest BCUT2D eigenvalue weighted by Crippen LogP contribution is 2.25. The van der Waals surface area contributed by atoms with Gasteiger partial charge in [-0.25, -0.2) is 0 Å². The Bertz CT molecular complexity index is 431. The van der Waals surface area contributed by atoms with E-state index in [1.807, 2.05) is 12.1 Å². The lowest BCUT2D eigenvalue weighted by Gasteiger charge is -2.10. The molecule has 0 spiro atoms. The van der Waals surface area contributed by atoms with Gasteiger partial charge in [0.1, 0.15) is 5.76 Å². The fourth-order valence-corrected chi connectivity index (χ4v) is 1.96. The Labute approximate surface area is 98.4 Å². The lowest BCUT2D eigenvalue weighted by Crippen LogP contribution is -2.06. The van der Waals surface area contributed by atoms with Crippen molar-refractivity contribution >= 4 is 11.6 Å². The molecule has 1 unspecified atom stereocenters.